The molecule has 0 aliphatic carbocycles. The van der Waals surface area contributed by atoms with Gasteiger partial charge in [-0.2, -0.15) is 5.10 Å². The molecule has 0 spiro atoms. The topological polar surface area (TPSA) is 70.1 Å². The minimum Gasteiger partial charge on any atom is -0.468 e. The summed E-state index contributed by atoms with van der Waals surface area (Å²) in [6, 6.07) is 1.26. The zero-order chi connectivity index (χ0) is 9.68. The fourth-order valence-electron chi connectivity index (χ4n) is 0.973. The third-order valence-electron chi connectivity index (χ3n) is 1.73. The Morgan fingerprint density at radius 2 is 2.54 bits per heavy atom. The highest BCUT2D eigenvalue weighted by Crippen LogP contribution is 1.95. The van der Waals surface area contributed by atoms with E-state index in [0.717, 1.165) is 0 Å². The van der Waals surface area contributed by atoms with Crippen LogP contribution in [0.4, 0.5) is 0 Å². The van der Waals surface area contributed by atoms with Gasteiger partial charge in [0.25, 0.3) is 0 Å². The van der Waals surface area contributed by atoms with Crippen molar-refractivity contribution in [2.45, 2.75) is 19.0 Å². The van der Waals surface area contributed by atoms with Crippen molar-refractivity contribution in [1.29, 1.82) is 0 Å². The third kappa shape index (κ3) is 2.87. The number of methoxy groups -OCH3 is 1. The fraction of sp³-hybridized carbons (Fsp3) is 0.500. The van der Waals surface area contributed by atoms with Crippen molar-refractivity contribution < 1.29 is 9.53 Å². The Morgan fingerprint density at radius 3 is 3.08 bits per heavy atom. The second-order valence-electron chi connectivity index (χ2n) is 2.69. The third-order valence-corrected chi connectivity index (χ3v) is 1.73. The molecule has 0 bridgehead atoms. The molecular formula is C8H13N3O2. The summed E-state index contributed by atoms with van der Waals surface area (Å²) in [5.41, 5.74) is 5.53. The van der Waals surface area contributed by atoms with Gasteiger partial charge in [0, 0.05) is 18.9 Å². The molecule has 1 unspecified atom stereocenters. The van der Waals surface area contributed by atoms with Crippen LogP contribution in [0, 0.1) is 0 Å². The number of carbonyl (C=O) groups excluding carboxylic acids is 1. The lowest BCUT2D eigenvalue weighted by molar-refractivity contribution is -0.142. The molecule has 1 rings (SSSR count). The van der Waals surface area contributed by atoms with Gasteiger partial charge in [0.1, 0.15) is 6.04 Å². The lowest BCUT2D eigenvalue weighted by Gasteiger charge is -2.08. The molecule has 1 heterocycles. The second kappa shape index (κ2) is 4.61. The molecular weight excluding hydrogens is 170 g/mol. The van der Waals surface area contributed by atoms with Crippen LogP contribution in [0.5, 0.6) is 0 Å². The van der Waals surface area contributed by atoms with Crippen molar-refractivity contribution in [2.75, 3.05) is 7.11 Å². The number of esters is 1. The quantitative estimate of drug-likeness (QED) is 0.655. The van der Waals surface area contributed by atoms with Gasteiger partial charge in [0.2, 0.25) is 0 Å². The van der Waals surface area contributed by atoms with Crippen molar-refractivity contribution in [2.24, 2.45) is 5.73 Å². The van der Waals surface area contributed by atoms with Crippen LogP contribution < -0.4 is 5.73 Å². The molecule has 72 valence electrons. The summed E-state index contributed by atoms with van der Waals surface area (Å²) in [4.78, 5) is 10.9. The molecule has 0 saturated carbocycles. The number of carbonyl (C=O) groups is 1. The van der Waals surface area contributed by atoms with Crippen molar-refractivity contribution in [3.8, 4) is 0 Å². The minimum absolute atomic E-state index is 0.382. The summed E-state index contributed by atoms with van der Waals surface area (Å²) in [5, 5.41) is 3.98. The summed E-state index contributed by atoms with van der Waals surface area (Å²) in [6.07, 6.45) is 4.04. The molecule has 1 aromatic rings. The first kappa shape index (κ1) is 9.73. The first-order valence-corrected chi connectivity index (χ1v) is 4.05. The smallest absolute Gasteiger partial charge is 0.322 e. The van der Waals surface area contributed by atoms with Gasteiger partial charge >= 0.3 is 5.97 Å². The van der Waals surface area contributed by atoms with Gasteiger partial charge in [0.15, 0.2) is 0 Å². The monoisotopic (exact) mass is 183 g/mol. The average molecular weight is 183 g/mol. The van der Waals surface area contributed by atoms with Crippen molar-refractivity contribution >= 4 is 5.97 Å². The summed E-state index contributed by atoms with van der Waals surface area (Å²) in [6.45, 7) is 0.628. The van der Waals surface area contributed by atoms with Crippen LogP contribution in [0.25, 0.3) is 0 Å². The van der Waals surface area contributed by atoms with E-state index >= 15 is 0 Å². The molecule has 0 aliphatic heterocycles. The van der Waals surface area contributed by atoms with Crippen LogP contribution >= 0.6 is 0 Å². The molecule has 0 saturated heterocycles. The summed E-state index contributed by atoms with van der Waals surface area (Å²) in [5.74, 6) is -0.382. The first-order valence-electron chi connectivity index (χ1n) is 4.05. The maximum Gasteiger partial charge on any atom is 0.322 e. The predicted octanol–water partition coefficient (Wildman–Crippen LogP) is -0.227. The molecule has 2 N–H and O–H groups in total. The summed E-state index contributed by atoms with van der Waals surface area (Å²) >= 11 is 0. The van der Waals surface area contributed by atoms with E-state index in [1.165, 1.54) is 7.11 Å². The molecule has 0 aromatic carbocycles. The Bertz CT molecular complexity index is 258. The van der Waals surface area contributed by atoms with Gasteiger partial charge in [0.05, 0.1) is 7.11 Å². The molecule has 5 nitrogen and oxygen atoms in total. The van der Waals surface area contributed by atoms with E-state index in [1.807, 2.05) is 12.3 Å². The Morgan fingerprint density at radius 1 is 1.77 bits per heavy atom. The van der Waals surface area contributed by atoms with Crippen LogP contribution in [0.15, 0.2) is 18.5 Å². The van der Waals surface area contributed by atoms with Crippen LogP contribution in [-0.4, -0.2) is 28.9 Å². The maximum absolute atomic E-state index is 10.9. The highest BCUT2D eigenvalue weighted by atomic mass is 16.5. The average Bonchev–Trinajstić information content (AvgIpc) is 2.65. The van der Waals surface area contributed by atoms with Gasteiger partial charge < -0.3 is 10.5 Å². The van der Waals surface area contributed by atoms with E-state index in [2.05, 4.69) is 9.84 Å². The van der Waals surface area contributed by atoms with Crippen LogP contribution in [0.3, 0.4) is 0 Å². The number of nitrogens with two attached hydrogens (primary N) is 1. The van der Waals surface area contributed by atoms with E-state index in [9.17, 15) is 4.79 Å². The molecule has 0 aliphatic rings. The maximum atomic E-state index is 10.9. The molecule has 0 fully saturated rings. The Hall–Kier alpha value is -1.36. The van der Waals surface area contributed by atoms with Crippen LogP contribution in [-0.2, 0) is 16.1 Å². The molecule has 1 atom stereocenters. The number of hydrogen-bond acceptors (Lipinski definition) is 4. The van der Waals surface area contributed by atoms with Gasteiger partial charge in [-0.15, -0.1) is 0 Å². The minimum atomic E-state index is -0.561. The van der Waals surface area contributed by atoms with Gasteiger partial charge in [-0.25, -0.2) is 0 Å². The van der Waals surface area contributed by atoms with Crippen molar-refractivity contribution in [3.05, 3.63) is 18.5 Å². The van der Waals surface area contributed by atoms with Gasteiger partial charge in [-0.1, -0.05) is 0 Å². The Kier molecular flexibility index (Phi) is 3.45. The number of rotatable bonds is 4. The second-order valence-corrected chi connectivity index (χ2v) is 2.69. The van der Waals surface area contributed by atoms with E-state index in [4.69, 9.17) is 5.73 Å². The SMILES string of the molecule is COC(=O)C(N)CCn1cccn1. The molecule has 0 radical (unpaired) electrons. The highest BCUT2D eigenvalue weighted by Gasteiger charge is 2.12. The van der Waals surface area contributed by atoms with Gasteiger partial charge in [-0.3, -0.25) is 9.48 Å². The van der Waals surface area contributed by atoms with E-state index in [-0.39, 0.29) is 5.97 Å². The van der Waals surface area contributed by atoms with Crippen molar-refractivity contribution in [1.82, 2.24) is 9.78 Å². The highest BCUT2D eigenvalue weighted by molar-refractivity contribution is 5.75. The van der Waals surface area contributed by atoms with E-state index in [1.54, 1.807) is 10.9 Å². The predicted molar refractivity (Wildman–Crippen MR) is 46.8 cm³/mol. The zero-order valence-electron chi connectivity index (χ0n) is 7.51. The molecule has 1 aromatic heterocycles. The zero-order valence-corrected chi connectivity index (χ0v) is 7.51. The number of ether oxygens (including phenoxy) is 1. The van der Waals surface area contributed by atoms with Crippen LogP contribution in [0.1, 0.15) is 6.42 Å². The largest absolute Gasteiger partial charge is 0.468 e. The van der Waals surface area contributed by atoms with E-state index in [0.29, 0.717) is 13.0 Å². The van der Waals surface area contributed by atoms with Gasteiger partial charge in [-0.05, 0) is 12.5 Å². The normalized spacial score (nSPS) is 12.5. The molecule has 5 heteroatoms. The molecule has 0 amide bonds. The number of hydrogen-bond donors (Lipinski definition) is 1. The molecule has 13 heavy (non-hydrogen) atoms. The summed E-state index contributed by atoms with van der Waals surface area (Å²) < 4.78 is 6.21. The number of nitrogens with zero attached hydrogens (tertiary/aromatic N) is 2. The van der Waals surface area contributed by atoms with Crippen molar-refractivity contribution in [3.63, 3.8) is 0 Å². The lowest BCUT2D eigenvalue weighted by Crippen LogP contribution is -2.32. The standard InChI is InChI=1S/C8H13N3O2/c1-13-8(12)7(9)3-6-11-5-2-4-10-11/h2,4-5,7H,3,6,9H2,1H3. The Balaban J connectivity index is 2.30. The first-order chi connectivity index (χ1) is 6.24. The van der Waals surface area contributed by atoms with Crippen LogP contribution in [0.2, 0.25) is 0 Å². The fourth-order valence-corrected chi connectivity index (χ4v) is 0.973. The number of aromatic nitrogens is 2. The van der Waals surface area contributed by atoms with E-state index < -0.39 is 6.04 Å². The summed E-state index contributed by atoms with van der Waals surface area (Å²) in [7, 11) is 1.33. The number of aryl methyl sites for hydroxylation is 1. The Labute approximate surface area is 76.5 Å². The lowest BCUT2D eigenvalue weighted by atomic mass is 10.2.